The molecule has 0 spiro atoms. The summed E-state index contributed by atoms with van der Waals surface area (Å²) in [4.78, 5) is 36.7. The average Bonchev–Trinajstić information content (AvgIpc) is 2.71. The van der Waals surface area contributed by atoms with Crippen molar-refractivity contribution in [1.82, 2.24) is 15.6 Å². The number of urea groups is 1. The molecule has 0 saturated carbocycles. The molecule has 1 saturated heterocycles. The summed E-state index contributed by atoms with van der Waals surface area (Å²) in [5, 5.41) is 2.70. The second kappa shape index (κ2) is 5.53. The molecule has 0 aromatic heterocycles. The van der Waals surface area contributed by atoms with Gasteiger partial charge in [-0.15, -0.1) is 0 Å². The third-order valence-corrected chi connectivity index (χ3v) is 3.74. The fourth-order valence-corrected chi connectivity index (χ4v) is 2.16. The summed E-state index contributed by atoms with van der Waals surface area (Å²) in [7, 11) is 0. The predicted octanol–water partition coefficient (Wildman–Crippen LogP) is 0.511. The van der Waals surface area contributed by atoms with E-state index in [4.69, 9.17) is 5.84 Å². The van der Waals surface area contributed by atoms with Crippen LogP contribution in [-0.2, 0) is 11.3 Å². The second-order valence-electron chi connectivity index (χ2n) is 5.18. The van der Waals surface area contributed by atoms with E-state index in [1.165, 1.54) is 4.90 Å². The Morgan fingerprint density at radius 2 is 1.95 bits per heavy atom. The van der Waals surface area contributed by atoms with E-state index in [0.717, 1.165) is 5.56 Å². The Morgan fingerprint density at radius 3 is 2.43 bits per heavy atom. The van der Waals surface area contributed by atoms with E-state index in [-0.39, 0.29) is 12.5 Å². The van der Waals surface area contributed by atoms with Crippen molar-refractivity contribution in [2.24, 2.45) is 5.84 Å². The topological polar surface area (TPSA) is 105 Å². The van der Waals surface area contributed by atoms with Gasteiger partial charge in [0.2, 0.25) is 0 Å². The quantitative estimate of drug-likeness (QED) is 0.325. The number of nitrogens with zero attached hydrogens (tertiary/aromatic N) is 1. The number of carbonyl (C=O) groups excluding carboxylic acids is 3. The van der Waals surface area contributed by atoms with Crippen molar-refractivity contribution in [3.63, 3.8) is 0 Å². The third-order valence-electron chi connectivity index (χ3n) is 3.74. The summed E-state index contributed by atoms with van der Waals surface area (Å²) >= 11 is 0. The normalized spacial score (nSPS) is 21.4. The van der Waals surface area contributed by atoms with E-state index < -0.39 is 17.5 Å². The Balaban J connectivity index is 2.13. The number of hydrazine groups is 1. The first-order chi connectivity index (χ1) is 9.91. The summed E-state index contributed by atoms with van der Waals surface area (Å²) in [6, 6.07) is 6.16. The maximum atomic E-state index is 12.3. The first kappa shape index (κ1) is 15.0. The predicted molar refractivity (Wildman–Crippen MR) is 75.9 cm³/mol. The molecule has 4 N–H and O–H groups in total. The lowest BCUT2D eigenvalue weighted by molar-refractivity contribution is -0.131. The smallest absolute Gasteiger partial charge is 0.323 e. The van der Waals surface area contributed by atoms with E-state index in [0.29, 0.717) is 12.0 Å². The van der Waals surface area contributed by atoms with E-state index in [1.54, 1.807) is 31.2 Å². The Hall–Kier alpha value is -2.41. The molecule has 1 aliphatic heterocycles. The number of benzene rings is 1. The average molecular weight is 290 g/mol. The third kappa shape index (κ3) is 2.73. The molecule has 0 aliphatic carbocycles. The summed E-state index contributed by atoms with van der Waals surface area (Å²) in [5.74, 6) is 4.42. The minimum absolute atomic E-state index is 0.171. The summed E-state index contributed by atoms with van der Waals surface area (Å²) in [6.45, 7) is 3.73. The van der Waals surface area contributed by atoms with Crippen LogP contribution in [0.25, 0.3) is 0 Å². The molecule has 1 atom stereocenters. The van der Waals surface area contributed by atoms with E-state index in [1.807, 2.05) is 12.3 Å². The van der Waals surface area contributed by atoms with Gasteiger partial charge in [0.05, 0.1) is 6.54 Å². The van der Waals surface area contributed by atoms with Gasteiger partial charge in [0.15, 0.2) is 0 Å². The van der Waals surface area contributed by atoms with Gasteiger partial charge in [-0.2, -0.15) is 0 Å². The first-order valence-corrected chi connectivity index (χ1v) is 6.65. The molecule has 21 heavy (non-hydrogen) atoms. The summed E-state index contributed by atoms with van der Waals surface area (Å²) in [5.41, 5.74) is 2.37. The Kier molecular flexibility index (Phi) is 3.95. The highest BCUT2D eigenvalue weighted by Crippen LogP contribution is 2.22. The Morgan fingerprint density at radius 1 is 1.33 bits per heavy atom. The second-order valence-corrected chi connectivity index (χ2v) is 5.18. The van der Waals surface area contributed by atoms with Crippen LogP contribution in [0.5, 0.6) is 0 Å². The number of nitrogens with one attached hydrogen (secondary N) is 2. The van der Waals surface area contributed by atoms with Crippen LogP contribution in [-0.4, -0.2) is 28.3 Å². The van der Waals surface area contributed by atoms with Gasteiger partial charge in [0.25, 0.3) is 11.8 Å². The van der Waals surface area contributed by atoms with Gasteiger partial charge in [-0.25, -0.2) is 10.6 Å². The number of rotatable bonds is 4. The van der Waals surface area contributed by atoms with Gasteiger partial charge in [-0.05, 0) is 31.0 Å². The molecular formula is C14H18N4O3. The summed E-state index contributed by atoms with van der Waals surface area (Å²) in [6.07, 6.45) is 0.531. The van der Waals surface area contributed by atoms with Gasteiger partial charge in [0.1, 0.15) is 5.54 Å². The first-order valence-electron chi connectivity index (χ1n) is 6.65. The zero-order chi connectivity index (χ0) is 15.6. The van der Waals surface area contributed by atoms with Gasteiger partial charge < -0.3 is 5.32 Å². The molecule has 7 nitrogen and oxygen atoms in total. The highest BCUT2D eigenvalue weighted by molar-refractivity contribution is 6.06. The van der Waals surface area contributed by atoms with Crippen LogP contribution in [0.4, 0.5) is 4.79 Å². The van der Waals surface area contributed by atoms with Crippen LogP contribution in [0.3, 0.4) is 0 Å². The fourth-order valence-electron chi connectivity index (χ4n) is 2.16. The molecule has 0 radical (unpaired) electrons. The molecule has 2 rings (SSSR count). The van der Waals surface area contributed by atoms with Crippen LogP contribution in [0.15, 0.2) is 24.3 Å². The SMILES string of the molecule is CCC1(C)NC(=O)N(Cc2ccc(C(=O)NN)cc2)C1=O. The van der Waals surface area contributed by atoms with Crippen molar-refractivity contribution in [1.29, 1.82) is 0 Å². The van der Waals surface area contributed by atoms with E-state index in [9.17, 15) is 14.4 Å². The van der Waals surface area contributed by atoms with Gasteiger partial charge in [-0.3, -0.25) is 19.9 Å². The molecule has 1 aliphatic rings. The van der Waals surface area contributed by atoms with Crippen LogP contribution in [0, 0.1) is 0 Å². The van der Waals surface area contributed by atoms with E-state index >= 15 is 0 Å². The molecule has 1 heterocycles. The van der Waals surface area contributed by atoms with Crippen LogP contribution < -0.4 is 16.6 Å². The molecular weight excluding hydrogens is 272 g/mol. The molecule has 1 fully saturated rings. The molecule has 0 bridgehead atoms. The molecule has 1 unspecified atom stereocenters. The van der Waals surface area contributed by atoms with Crippen molar-refractivity contribution in [3.05, 3.63) is 35.4 Å². The van der Waals surface area contributed by atoms with E-state index in [2.05, 4.69) is 5.32 Å². The van der Waals surface area contributed by atoms with Crippen molar-refractivity contribution in [2.75, 3.05) is 0 Å². The highest BCUT2D eigenvalue weighted by atomic mass is 16.2. The lowest BCUT2D eigenvalue weighted by Gasteiger charge is -2.19. The van der Waals surface area contributed by atoms with Crippen molar-refractivity contribution in [2.45, 2.75) is 32.4 Å². The number of hydrogen-bond acceptors (Lipinski definition) is 4. The van der Waals surface area contributed by atoms with Gasteiger partial charge in [0, 0.05) is 5.56 Å². The highest BCUT2D eigenvalue weighted by Gasteiger charge is 2.46. The van der Waals surface area contributed by atoms with Gasteiger partial charge >= 0.3 is 6.03 Å². The fraction of sp³-hybridized carbons (Fsp3) is 0.357. The lowest BCUT2D eigenvalue weighted by Crippen LogP contribution is -2.43. The maximum Gasteiger partial charge on any atom is 0.325 e. The standard InChI is InChI=1S/C14H18N4O3/c1-3-14(2)12(20)18(13(21)16-14)8-9-4-6-10(7-5-9)11(19)17-15/h4-7H,3,8,15H2,1-2H3,(H,16,21)(H,17,19). The zero-order valence-corrected chi connectivity index (χ0v) is 12.0. The number of nitrogens with two attached hydrogens (primary N) is 1. The Labute approximate surface area is 122 Å². The lowest BCUT2D eigenvalue weighted by atomic mass is 9.99. The molecule has 7 heteroatoms. The van der Waals surface area contributed by atoms with Crippen molar-refractivity contribution < 1.29 is 14.4 Å². The molecule has 1 aromatic rings. The number of carbonyl (C=O) groups is 3. The number of hydrogen-bond donors (Lipinski definition) is 3. The monoisotopic (exact) mass is 290 g/mol. The van der Waals surface area contributed by atoms with Crippen LogP contribution in [0.2, 0.25) is 0 Å². The summed E-state index contributed by atoms with van der Waals surface area (Å²) < 4.78 is 0. The maximum absolute atomic E-state index is 12.3. The minimum Gasteiger partial charge on any atom is -0.323 e. The molecule has 112 valence electrons. The van der Waals surface area contributed by atoms with Crippen LogP contribution in [0.1, 0.15) is 36.2 Å². The zero-order valence-electron chi connectivity index (χ0n) is 12.0. The minimum atomic E-state index is -0.837. The molecule has 1 aromatic carbocycles. The van der Waals surface area contributed by atoms with Crippen LogP contribution >= 0.6 is 0 Å². The van der Waals surface area contributed by atoms with Gasteiger partial charge in [-0.1, -0.05) is 19.1 Å². The largest absolute Gasteiger partial charge is 0.325 e. The number of nitrogen functional groups attached to an aromatic ring is 1. The van der Waals surface area contributed by atoms with Crippen molar-refractivity contribution >= 4 is 17.8 Å². The molecule has 4 amide bonds. The van der Waals surface area contributed by atoms with Crippen molar-refractivity contribution in [3.8, 4) is 0 Å². The number of amides is 4. The Bertz CT molecular complexity index is 584. The number of imide groups is 1.